The van der Waals surface area contributed by atoms with Gasteiger partial charge in [0, 0.05) is 13.0 Å². The van der Waals surface area contributed by atoms with E-state index in [2.05, 4.69) is 0 Å². The van der Waals surface area contributed by atoms with Gasteiger partial charge in [-0.15, -0.1) is 0 Å². The van der Waals surface area contributed by atoms with Crippen LogP contribution in [0.15, 0.2) is 29.2 Å². The Balaban J connectivity index is 2.42. The van der Waals surface area contributed by atoms with Gasteiger partial charge in [-0.1, -0.05) is 12.1 Å². The van der Waals surface area contributed by atoms with Crippen LogP contribution in [0.5, 0.6) is 0 Å². The summed E-state index contributed by atoms with van der Waals surface area (Å²) in [5, 5.41) is 8.99. The van der Waals surface area contributed by atoms with E-state index in [9.17, 15) is 13.2 Å². The first-order valence-electron chi connectivity index (χ1n) is 6.06. The largest absolute Gasteiger partial charge is 0.298 e. The molecule has 19 heavy (non-hydrogen) atoms. The van der Waals surface area contributed by atoms with E-state index in [1.165, 1.54) is 16.4 Å². The van der Waals surface area contributed by atoms with Crippen LogP contribution in [0, 0.1) is 11.3 Å². The van der Waals surface area contributed by atoms with Crippen molar-refractivity contribution in [2.24, 2.45) is 0 Å². The molecule has 0 amide bonds. The summed E-state index contributed by atoms with van der Waals surface area (Å²) in [6, 6.07) is 7.94. The number of carbonyl (C=O) groups is 1. The van der Waals surface area contributed by atoms with Crippen molar-refractivity contribution in [1.29, 1.82) is 5.26 Å². The Morgan fingerprint density at radius 2 is 1.95 bits per heavy atom. The minimum atomic E-state index is -3.77. The van der Waals surface area contributed by atoms with E-state index in [4.69, 9.17) is 5.26 Å². The summed E-state index contributed by atoms with van der Waals surface area (Å²) in [4.78, 5) is 11.5. The van der Waals surface area contributed by atoms with E-state index in [0.29, 0.717) is 25.8 Å². The van der Waals surface area contributed by atoms with E-state index >= 15 is 0 Å². The van der Waals surface area contributed by atoms with Gasteiger partial charge in [-0.05, 0) is 25.0 Å². The average molecular weight is 278 g/mol. The van der Waals surface area contributed by atoms with Crippen molar-refractivity contribution in [2.75, 3.05) is 13.1 Å². The number of nitriles is 1. The van der Waals surface area contributed by atoms with Crippen molar-refractivity contribution in [2.45, 2.75) is 24.2 Å². The Morgan fingerprint density at radius 3 is 2.68 bits per heavy atom. The molecule has 0 unspecified atom stereocenters. The molecule has 0 aliphatic carbocycles. The molecule has 0 bridgehead atoms. The second-order valence-electron chi connectivity index (χ2n) is 4.44. The molecular formula is C13H14N2O3S. The van der Waals surface area contributed by atoms with E-state index in [-0.39, 0.29) is 22.8 Å². The summed E-state index contributed by atoms with van der Waals surface area (Å²) in [5.74, 6) is -0.0736. The fourth-order valence-electron chi connectivity index (χ4n) is 2.09. The fraction of sp³-hybridized carbons (Fsp3) is 0.385. The first kappa shape index (κ1) is 13.7. The molecule has 0 spiro atoms. The van der Waals surface area contributed by atoms with Gasteiger partial charge in [-0.2, -0.15) is 9.57 Å². The topological polar surface area (TPSA) is 78.2 Å². The second-order valence-corrected chi connectivity index (χ2v) is 6.35. The summed E-state index contributed by atoms with van der Waals surface area (Å²) in [7, 11) is -3.77. The molecule has 1 heterocycles. The SMILES string of the molecule is N#Cc1ccccc1S(=O)(=O)N1CCCCC(=O)C1. The predicted molar refractivity (Wildman–Crippen MR) is 68.8 cm³/mol. The van der Waals surface area contributed by atoms with Crippen LogP contribution in [0.2, 0.25) is 0 Å². The fourth-order valence-corrected chi connectivity index (χ4v) is 3.70. The molecule has 0 atom stereocenters. The smallest absolute Gasteiger partial charge is 0.244 e. The third kappa shape index (κ3) is 2.83. The Hall–Kier alpha value is -1.71. The van der Waals surface area contributed by atoms with Crippen LogP contribution >= 0.6 is 0 Å². The van der Waals surface area contributed by atoms with Gasteiger partial charge in [0.25, 0.3) is 0 Å². The molecule has 1 aliphatic rings. The van der Waals surface area contributed by atoms with Crippen molar-refractivity contribution in [3.8, 4) is 6.07 Å². The lowest BCUT2D eigenvalue weighted by molar-refractivity contribution is -0.118. The number of nitrogens with zero attached hydrogens (tertiary/aromatic N) is 2. The van der Waals surface area contributed by atoms with Crippen molar-refractivity contribution < 1.29 is 13.2 Å². The average Bonchev–Trinajstić information content (AvgIpc) is 2.64. The van der Waals surface area contributed by atoms with Crippen molar-refractivity contribution in [1.82, 2.24) is 4.31 Å². The van der Waals surface area contributed by atoms with Gasteiger partial charge >= 0.3 is 0 Å². The first-order valence-corrected chi connectivity index (χ1v) is 7.50. The number of carbonyl (C=O) groups excluding carboxylic acids is 1. The van der Waals surface area contributed by atoms with Crippen LogP contribution in [0.25, 0.3) is 0 Å². The van der Waals surface area contributed by atoms with Gasteiger partial charge < -0.3 is 0 Å². The lowest BCUT2D eigenvalue weighted by Crippen LogP contribution is -2.35. The van der Waals surface area contributed by atoms with Gasteiger partial charge in [-0.25, -0.2) is 8.42 Å². The molecule has 0 N–H and O–H groups in total. The summed E-state index contributed by atoms with van der Waals surface area (Å²) in [5.41, 5.74) is 0.110. The third-order valence-corrected chi connectivity index (χ3v) is 4.99. The lowest BCUT2D eigenvalue weighted by Gasteiger charge is -2.19. The molecule has 1 aliphatic heterocycles. The summed E-state index contributed by atoms with van der Waals surface area (Å²) in [6.07, 6.45) is 1.80. The highest BCUT2D eigenvalue weighted by molar-refractivity contribution is 7.89. The van der Waals surface area contributed by atoms with Gasteiger partial charge in [0.15, 0.2) is 0 Å². The molecule has 2 rings (SSSR count). The van der Waals surface area contributed by atoms with Crippen LogP contribution < -0.4 is 0 Å². The number of hydrogen-bond acceptors (Lipinski definition) is 4. The minimum absolute atomic E-state index is 0.0211. The van der Waals surface area contributed by atoms with Crippen molar-refractivity contribution >= 4 is 15.8 Å². The molecule has 1 saturated heterocycles. The van der Waals surface area contributed by atoms with Crippen LogP contribution in [0.1, 0.15) is 24.8 Å². The zero-order valence-corrected chi connectivity index (χ0v) is 11.2. The van der Waals surface area contributed by atoms with Crippen molar-refractivity contribution in [3.63, 3.8) is 0 Å². The number of rotatable bonds is 2. The highest BCUT2D eigenvalue weighted by Gasteiger charge is 2.29. The number of benzene rings is 1. The number of ketones is 1. The lowest BCUT2D eigenvalue weighted by atomic mass is 10.2. The minimum Gasteiger partial charge on any atom is -0.298 e. The van der Waals surface area contributed by atoms with Gasteiger partial charge in [0.05, 0.1) is 17.0 Å². The summed E-state index contributed by atoms with van der Waals surface area (Å²) < 4.78 is 26.2. The molecule has 1 aromatic rings. The highest BCUT2D eigenvalue weighted by atomic mass is 32.2. The Labute approximate surface area is 112 Å². The normalized spacial score (nSPS) is 17.7. The summed E-state index contributed by atoms with van der Waals surface area (Å²) >= 11 is 0. The monoisotopic (exact) mass is 278 g/mol. The van der Waals surface area contributed by atoms with E-state index < -0.39 is 10.0 Å². The third-order valence-electron chi connectivity index (χ3n) is 3.09. The molecular weight excluding hydrogens is 264 g/mol. The zero-order valence-electron chi connectivity index (χ0n) is 10.4. The van der Waals surface area contributed by atoms with Gasteiger partial charge in [-0.3, -0.25) is 4.79 Å². The molecule has 5 nitrogen and oxygen atoms in total. The standard InChI is InChI=1S/C13H14N2O3S/c14-9-11-5-1-2-7-13(11)19(17,18)15-8-4-3-6-12(16)10-15/h1-2,5,7H,3-4,6,8,10H2. The number of sulfonamides is 1. The maximum Gasteiger partial charge on any atom is 0.244 e. The quantitative estimate of drug-likeness (QED) is 0.817. The number of hydrogen-bond donors (Lipinski definition) is 0. The van der Waals surface area contributed by atoms with Gasteiger partial charge in [0.1, 0.15) is 11.9 Å². The predicted octanol–water partition coefficient (Wildman–Crippen LogP) is 1.30. The molecule has 0 radical (unpaired) electrons. The van der Waals surface area contributed by atoms with E-state index in [1.807, 2.05) is 6.07 Å². The van der Waals surface area contributed by atoms with E-state index in [1.54, 1.807) is 12.1 Å². The molecule has 100 valence electrons. The van der Waals surface area contributed by atoms with Crippen LogP contribution in [-0.2, 0) is 14.8 Å². The summed E-state index contributed by atoms with van der Waals surface area (Å²) in [6.45, 7) is 0.232. The highest BCUT2D eigenvalue weighted by Crippen LogP contribution is 2.21. The zero-order chi connectivity index (χ0) is 13.9. The Morgan fingerprint density at radius 1 is 1.21 bits per heavy atom. The maximum absolute atomic E-state index is 12.5. The molecule has 0 aromatic heterocycles. The molecule has 1 aromatic carbocycles. The molecule has 1 fully saturated rings. The number of Topliss-reactive ketones (excluding diaryl/α,β-unsaturated/α-hetero) is 1. The Kier molecular flexibility index (Phi) is 3.98. The van der Waals surface area contributed by atoms with Crippen LogP contribution in [0.4, 0.5) is 0 Å². The second kappa shape index (κ2) is 5.51. The van der Waals surface area contributed by atoms with E-state index in [0.717, 1.165) is 0 Å². The Bertz CT molecular complexity index is 632. The maximum atomic E-state index is 12.5. The van der Waals surface area contributed by atoms with Crippen molar-refractivity contribution in [3.05, 3.63) is 29.8 Å². The molecule has 0 saturated carbocycles. The molecule has 6 heteroatoms. The first-order chi connectivity index (χ1) is 9.05. The van der Waals surface area contributed by atoms with Crippen LogP contribution in [0.3, 0.4) is 0 Å². The van der Waals surface area contributed by atoms with Crippen LogP contribution in [-0.4, -0.2) is 31.6 Å². The van der Waals surface area contributed by atoms with Gasteiger partial charge in [0.2, 0.25) is 10.0 Å².